The van der Waals surface area contributed by atoms with Crippen molar-refractivity contribution in [3.8, 4) is 11.5 Å². The quantitative estimate of drug-likeness (QED) is 0.287. The minimum Gasteiger partial charge on any atom is -0.493 e. The number of sulfonamides is 1. The maximum absolute atomic E-state index is 14.0. The van der Waals surface area contributed by atoms with E-state index in [9.17, 15) is 18.0 Å². The van der Waals surface area contributed by atoms with Crippen molar-refractivity contribution < 1.29 is 27.5 Å². The van der Waals surface area contributed by atoms with Crippen LogP contribution in [-0.2, 0) is 26.0 Å². The van der Waals surface area contributed by atoms with Gasteiger partial charge in [0, 0.05) is 19.2 Å². The standard InChI is InChI=1S/C31H39N3O6S/c1-5-20-32-31(36)27(6-2)33(21-19-24-13-9-7-10-14-24)30(35)23-34(25-15-11-8-12-16-25)41(37,38)26-17-18-28(39-3)29(22-26)40-4/h7-18,22,27H,5-6,19-21,23H2,1-4H3,(H,32,36). The highest BCUT2D eigenvalue weighted by molar-refractivity contribution is 7.92. The number of para-hydroxylation sites is 1. The molecule has 3 aromatic rings. The summed E-state index contributed by atoms with van der Waals surface area (Å²) in [7, 11) is -1.34. The van der Waals surface area contributed by atoms with E-state index in [1.54, 1.807) is 30.3 Å². The molecule has 1 atom stereocenters. The molecule has 0 saturated carbocycles. The molecule has 1 N–H and O–H groups in total. The van der Waals surface area contributed by atoms with Crippen molar-refractivity contribution in [2.45, 2.75) is 44.0 Å². The topological polar surface area (TPSA) is 105 Å². The fraction of sp³-hybridized carbons (Fsp3) is 0.355. The summed E-state index contributed by atoms with van der Waals surface area (Å²) >= 11 is 0. The Morgan fingerprint density at radius 3 is 2.10 bits per heavy atom. The molecule has 0 aliphatic heterocycles. The van der Waals surface area contributed by atoms with Crippen LogP contribution in [0.4, 0.5) is 5.69 Å². The Bertz CT molecular complexity index is 1380. The van der Waals surface area contributed by atoms with Crippen molar-refractivity contribution in [3.63, 3.8) is 0 Å². The van der Waals surface area contributed by atoms with Crippen molar-refractivity contribution in [3.05, 3.63) is 84.4 Å². The van der Waals surface area contributed by atoms with Gasteiger partial charge < -0.3 is 19.7 Å². The Hall–Kier alpha value is -4.05. The molecule has 0 heterocycles. The minimum atomic E-state index is -4.22. The van der Waals surface area contributed by atoms with Gasteiger partial charge in [-0.25, -0.2) is 8.42 Å². The lowest BCUT2D eigenvalue weighted by molar-refractivity contribution is -0.139. The zero-order valence-corrected chi connectivity index (χ0v) is 24.9. The van der Waals surface area contributed by atoms with E-state index in [0.717, 1.165) is 16.3 Å². The Labute approximate surface area is 243 Å². The largest absolute Gasteiger partial charge is 0.493 e. The summed E-state index contributed by atoms with van der Waals surface area (Å²) < 4.78 is 39.7. The molecule has 9 nitrogen and oxygen atoms in total. The van der Waals surface area contributed by atoms with E-state index in [2.05, 4.69) is 5.32 Å². The van der Waals surface area contributed by atoms with Gasteiger partial charge in [-0.1, -0.05) is 62.4 Å². The average molecular weight is 582 g/mol. The predicted molar refractivity (Wildman–Crippen MR) is 160 cm³/mol. The Morgan fingerprint density at radius 1 is 0.878 bits per heavy atom. The second-order valence-corrected chi connectivity index (χ2v) is 11.3. The Kier molecular flexibility index (Phi) is 11.6. The van der Waals surface area contributed by atoms with Crippen LogP contribution in [-0.4, -0.2) is 65.0 Å². The number of carbonyl (C=O) groups excluding carboxylic acids is 2. The van der Waals surface area contributed by atoms with Crippen LogP contribution in [0.3, 0.4) is 0 Å². The number of anilines is 1. The highest BCUT2D eigenvalue weighted by Crippen LogP contribution is 2.32. The van der Waals surface area contributed by atoms with Gasteiger partial charge in [-0.05, 0) is 49.1 Å². The maximum atomic E-state index is 14.0. The van der Waals surface area contributed by atoms with Crippen molar-refractivity contribution in [2.75, 3.05) is 38.2 Å². The SMILES string of the molecule is CCCNC(=O)C(CC)N(CCc1ccccc1)C(=O)CN(c1ccccc1)S(=O)(=O)c1ccc(OC)c(OC)c1. The zero-order chi connectivity index (χ0) is 29.8. The number of hydrogen-bond donors (Lipinski definition) is 1. The maximum Gasteiger partial charge on any atom is 0.264 e. The zero-order valence-electron chi connectivity index (χ0n) is 24.1. The molecule has 41 heavy (non-hydrogen) atoms. The van der Waals surface area contributed by atoms with Crippen molar-refractivity contribution >= 4 is 27.5 Å². The fourth-order valence-corrected chi connectivity index (χ4v) is 5.92. The highest BCUT2D eigenvalue weighted by Gasteiger charge is 2.33. The van der Waals surface area contributed by atoms with Gasteiger partial charge in [-0.15, -0.1) is 0 Å². The molecular weight excluding hydrogens is 542 g/mol. The van der Waals surface area contributed by atoms with E-state index in [1.165, 1.54) is 37.3 Å². The van der Waals surface area contributed by atoms with Crippen LogP contribution < -0.4 is 19.1 Å². The van der Waals surface area contributed by atoms with Crippen molar-refractivity contribution in [2.24, 2.45) is 0 Å². The molecule has 0 spiro atoms. The monoisotopic (exact) mass is 581 g/mol. The molecule has 3 rings (SSSR count). The lowest BCUT2D eigenvalue weighted by atomic mass is 10.1. The number of nitrogens with one attached hydrogen (secondary N) is 1. The number of methoxy groups -OCH3 is 2. The third-order valence-electron chi connectivity index (χ3n) is 6.69. The van der Waals surface area contributed by atoms with E-state index in [4.69, 9.17) is 9.47 Å². The molecule has 2 amide bonds. The fourth-order valence-electron chi connectivity index (χ4n) is 4.49. The van der Waals surface area contributed by atoms with Crippen LogP contribution in [0.25, 0.3) is 0 Å². The van der Waals surface area contributed by atoms with Crippen LogP contribution in [0.15, 0.2) is 83.8 Å². The summed E-state index contributed by atoms with van der Waals surface area (Å²) in [5.74, 6) is -0.113. The summed E-state index contributed by atoms with van der Waals surface area (Å²) in [5.41, 5.74) is 1.33. The van der Waals surface area contributed by atoms with E-state index >= 15 is 0 Å². The first-order valence-electron chi connectivity index (χ1n) is 13.7. The van der Waals surface area contributed by atoms with E-state index in [0.29, 0.717) is 30.8 Å². The van der Waals surface area contributed by atoms with E-state index in [1.807, 2.05) is 44.2 Å². The van der Waals surface area contributed by atoms with Gasteiger partial charge >= 0.3 is 0 Å². The van der Waals surface area contributed by atoms with Gasteiger partial charge in [-0.2, -0.15) is 0 Å². The highest BCUT2D eigenvalue weighted by atomic mass is 32.2. The number of carbonyl (C=O) groups is 2. The van der Waals surface area contributed by atoms with E-state index in [-0.39, 0.29) is 23.1 Å². The summed E-state index contributed by atoms with van der Waals surface area (Å²) in [5, 5.41) is 2.89. The summed E-state index contributed by atoms with van der Waals surface area (Å²) in [6.45, 7) is 4.04. The third-order valence-corrected chi connectivity index (χ3v) is 8.46. The van der Waals surface area contributed by atoms with Gasteiger partial charge in [0.25, 0.3) is 10.0 Å². The lowest BCUT2D eigenvalue weighted by Crippen LogP contribution is -2.53. The first-order valence-corrected chi connectivity index (χ1v) is 15.1. The number of nitrogens with zero attached hydrogens (tertiary/aromatic N) is 2. The molecule has 0 bridgehead atoms. The molecule has 3 aromatic carbocycles. The second-order valence-electron chi connectivity index (χ2n) is 9.40. The second kappa shape index (κ2) is 15.1. The van der Waals surface area contributed by atoms with Crippen LogP contribution in [0.1, 0.15) is 32.3 Å². The van der Waals surface area contributed by atoms with Gasteiger partial charge in [-0.3, -0.25) is 13.9 Å². The molecule has 0 fully saturated rings. The lowest BCUT2D eigenvalue weighted by Gasteiger charge is -2.33. The van der Waals surface area contributed by atoms with E-state index < -0.39 is 28.5 Å². The summed E-state index contributed by atoms with van der Waals surface area (Å²) in [6, 6.07) is 21.6. The molecule has 220 valence electrons. The van der Waals surface area contributed by atoms with Crippen LogP contribution in [0, 0.1) is 0 Å². The van der Waals surface area contributed by atoms with Crippen LogP contribution in [0.2, 0.25) is 0 Å². The average Bonchev–Trinajstić information content (AvgIpc) is 3.00. The third kappa shape index (κ3) is 8.00. The molecule has 10 heteroatoms. The number of ether oxygens (including phenoxy) is 2. The molecule has 0 radical (unpaired) electrons. The number of rotatable bonds is 15. The summed E-state index contributed by atoms with van der Waals surface area (Å²) in [4.78, 5) is 28.6. The van der Waals surface area contributed by atoms with Gasteiger partial charge in [0.1, 0.15) is 12.6 Å². The Balaban J connectivity index is 2.01. The predicted octanol–water partition coefficient (Wildman–Crippen LogP) is 4.28. The van der Waals surface area contributed by atoms with Crippen LogP contribution in [0.5, 0.6) is 11.5 Å². The molecule has 1 unspecified atom stereocenters. The first-order chi connectivity index (χ1) is 19.8. The molecule has 0 aliphatic carbocycles. The molecular formula is C31H39N3O6S. The number of benzene rings is 3. The molecule has 0 aliphatic rings. The van der Waals surface area contributed by atoms with Crippen molar-refractivity contribution in [1.29, 1.82) is 0 Å². The number of hydrogen-bond acceptors (Lipinski definition) is 6. The smallest absolute Gasteiger partial charge is 0.264 e. The summed E-state index contributed by atoms with van der Waals surface area (Å²) in [6.07, 6.45) is 1.65. The molecule has 0 saturated heterocycles. The minimum absolute atomic E-state index is 0.0598. The first kappa shape index (κ1) is 31.5. The molecule has 0 aromatic heterocycles. The van der Waals surface area contributed by atoms with Crippen molar-refractivity contribution in [1.82, 2.24) is 10.2 Å². The normalized spacial score (nSPS) is 11.8. The van der Waals surface area contributed by atoms with Crippen LogP contribution >= 0.6 is 0 Å². The Morgan fingerprint density at radius 2 is 1.51 bits per heavy atom. The van der Waals surface area contributed by atoms with Gasteiger partial charge in [0.15, 0.2) is 11.5 Å². The number of amides is 2. The van der Waals surface area contributed by atoms with Gasteiger partial charge in [0.05, 0.1) is 24.8 Å². The van der Waals surface area contributed by atoms with Gasteiger partial charge in [0.2, 0.25) is 11.8 Å².